The molecule has 0 aromatic heterocycles. The molecule has 6 atom stereocenters. The Morgan fingerprint density at radius 2 is 2.00 bits per heavy atom. The first-order valence-electron chi connectivity index (χ1n) is 10.2. The maximum Gasteiger partial charge on any atom is 0.253 e. The molecule has 0 amide bonds. The van der Waals surface area contributed by atoms with Gasteiger partial charge in [0.1, 0.15) is 11.2 Å². The molecule has 2 saturated carbocycles. The number of ether oxygens (including phenoxy) is 2. The standard InChI is InChI=1S/C21H32ClNO5/c1-12(2)5-8-16-20(3,28-16)18-17(27-4)14(9-10-21(18,26)19(22)25)15(24)11-23-13-6-7-13/h5,13-14,16-18,23,26H,6-11H2,1-4H3. The average molecular weight is 414 g/mol. The minimum absolute atomic E-state index is 0.0536. The van der Waals surface area contributed by atoms with Gasteiger partial charge < -0.3 is 19.9 Å². The highest BCUT2D eigenvalue weighted by Crippen LogP contribution is 2.56. The molecule has 0 aromatic carbocycles. The van der Waals surface area contributed by atoms with Crippen molar-refractivity contribution in [2.24, 2.45) is 11.8 Å². The Kier molecular flexibility index (Phi) is 6.38. The molecule has 0 spiro atoms. The molecular weight excluding hydrogens is 382 g/mol. The first-order chi connectivity index (χ1) is 13.1. The van der Waals surface area contributed by atoms with Crippen LogP contribution in [0, 0.1) is 11.8 Å². The zero-order chi connectivity index (χ0) is 20.7. The van der Waals surface area contributed by atoms with Crippen LogP contribution < -0.4 is 5.32 Å². The number of rotatable bonds is 9. The molecule has 7 heteroatoms. The number of halogens is 1. The van der Waals surface area contributed by atoms with E-state index in [0.717, 1.165) is 12.8 Å². The molecule has 0 bridgehead atoms. The van der Waals surface area contributed by atoms with Crippen molar-refractivity contribution < 1.29 is 24.2 Å². The number of aliphatic hydroxyl groups is 1. The number of carbonyl (C=O) groups is 2. The summed E-state index contributed by atoms with van der Waals surface area (Å²) in [6.07, 6.45) is 4.68. The Morgan fingerprint density at radius 3 is 2.54 bits per heavy atom. The second-order valence-corrected chi connectivity index (χ2v) is 9.29. The lowest BCUT2D eigenvalue weighted by Crippen LogP contribution is -2.62. The molecule has 6 nitrogen and oxygen atoms in total. The number of epoxide rings is 1. The summed E-state index contributed by atoms with van der Waals surface area (Å²) in [6, 6.07) is 0.434. The maximum absolute atomic E-state index is 12.9. The lowest BCUT2D eigenvalue weighted by atomic mass is 9.62. The second-order valence-electron chi connectivity index (χ2n) is 8.95. The van der Waals surface area contributed by atoms with Crippen molar-refractivity contribution in [3.63, 3.8) is 0 Å². The molecule has 6 unspecified atom stereocenters. The summed E-state index contributed by atoms with van der Waals surface area (Å²) in [5.41, 5.74) is -1.36. The monoisotopic (exact) mass is 413 g/mol. The summed E-state index contributed by atoms with van der Waals surface area (Å²) in [5, 5.41) is 13.7. The number of methoxy groups -OCH3 is 1. The van der Waals surface area contributed by atoms with Gasteiger partial charge in [0.05, 0.1) is 24.7 Å². The summed E-state index contributed by atoms with van der Waals surface area (Å²) in [7, 11) is 1.52. The van der Waals surface area contributed by atoms with Crippen LogP contribution in [0.1, 0.15) is 52.9 Å². The fraction of sp³-hybridized carbons (Fsp3) is 0.810. The van der Waals surface area contributed by atoms with Gasteiger partial charge in [-0.15, -0.1) is 0 Å². The van der Waals surface area contributed by atoms with E-state index < -0.39 is 34.4 Å². The molecule has 1 aliphatic heterocycles. The van der Waals surface area contributed by atoms with E-state index in [1.165, 1.54) is 12.7 Å². The molecule has 0 aromatic rings. The molecule has 3 fully saturated rings. The van der Waals surface area contributed by atoms with Gasteiger partial charge in [-0.05, 0) is 64.5 Å². The fourth-order valence-electron chi connectivity index (χ4n) is 4.70. The summed E-state index contributed by atoms with van der Waals surface area (Å²) in [6.45, 7) is 6.19. The normalized spacial score (nSPS) is 40.1. The lowest BCUT2D eigenvalue weighted by Gasteiger charge is -2.47. The number of hydrogen-bond donors (Lipinski definition) is 2. The molecule has 2 N–H and O–H groups in total. The summed E-state index contributed by atoms with van der Waals surface area (Å²) in [4.78, 5) is 25.1. The topological polar surface area (TPSA) is 88.2 Å². The van der Waals surface area contributed by atoms with Gasteiger partial charge >= 0.3 is 0 Å². The third-order valence-corrected chi connectivity index (χ3v) is 6.91. The van der Waals surface area contributed by atoms with Gasteiger partial charge in [0, 0.05) is 19.1 Å². The van der Waals surface area contributed by atoms with E-state index in [0.29, 0.717) is 18.9 Å². The fourth-order valence-corrected chi connectivity index (χ4v) is 4.91. The molecule has 1 saturated heterocycles. The summed E-state index contributed by atoms with van der Waals surface area (Å²) < 4.78 is 11.7. The highest BCUT2D eigenvalue weighted by atomic mass is 35.5. The minimum atomic E-state index is -1.77. The van der Waals surface area contributed by atoms with Gasteiger partial charge in [-0.1, -0.05) is 11.6 Å². The van der Waals surface area contributed by atoms with E-state index >= 15 is 0 Å². The van der Waals surface area contributed by atoms with Crippen LogP contribution in [-0.2, 0) is 19.1 Å². The Hall–Kier alpha value is -0.790. The predicted molar refractivity (Wildman–Crippen MR) is 106 cm³/mol. The van der Waals surface area contributed by atoms with Crippen LogP contribution in [0.4, 0.5) is 0 Å². The predicted octanol–water partition coefficient (Wildman–Crippen LogP) is 2.36. The number of nitrogens with one attached hydrogen (secondary N) is 1. The Bertz CT molecular complexity index is 659. The molecule has 28 heavy (non-hydrogen) atoms. The van der Waals surface area contributed by atoms with Gasteiger partial charge in [0.25, 0.3) is 5.24 Å². The van der Waals surface area contributed by atoms with Gasteiger partial charge in [-0.2, -0.15) is 0 Å². The summed E-state index contributed by atoms with van der Waals surface area (Å²) >= 11 is 5.85. The number of ketones is 1. The highest BCUT2D eigenvalue weighted by molar-refractivity contribution is 6.65. The third kappa shape index (κ3) is 4.21. The van der Waals surface area contributed by atoms with Gasteiger partial charge in [0.15, 0.2) is 5.78 Å². The van der Waals surface area contributed by atoms with E-state index in [2.05, 4.69) is 11.4 Å². The van der Waals surface area contributed by atoms with Crippen LogP contribution in [0.15, 0.2) is 11.6 Å². The van der Waals surface area contributed by atoms with Crippen molar-refractivity contribution in [3.05, 3.63) is 11.6 Å². The van der Waals surface area contributed by atoms with E-state index in [4.69, 9.17) is 21.1 Å². The number of hydrogen-bond acceptors (Lipinski definition) is 6. The molecule has 158 valence electrons. The van der Waals surface area contributed by atoms with Crippen LogP contribution in [0.2, 0.25) is 0 Å². The van der Waals surface area contributed by atoms with E-state index in [1.807, 2.05) is 20.8 Å². The van der Waals surface area contributed by atoms with E-state index in [9.17, 15) is 14.7 Å². The Morgan fingerprint density at radius 1 is 1.32 bits per heavy atom. The lowest BCUT2D eigenvalue weighted by molar-refractivity contribution is -0.174. The van der Waals surface area contributed by atoms with Crippen molar-refractivity contribution >= 4 is 22.6 Å². The first-order valence-corrected chi connectivity index (χ1v) is 10.5. The molecule has 3 rings (SSSR count). The molecule has 3 aliphatic rings. The SMILES string of the molecule is COC1C(C(=O)CNC2CC2)CCC(O)(C(=O)Cl)C1C1(C)OC1CC=C(C)C. The van der Waals surface area contributed by atoms with Crippen LogP contribution in [-0.4, -0.2) is 59.2 Å². The Labute approximate surface area is 172 Å². The van der Waals surface area contributed by atoms with Crippen molar-refractivity contribution in [1.82, 2.24) is 5.32 Å². The van der Waals surface area contributed by atoms with Crippen molar-refractivity contribution in [1.29, 1.82) is 0 Å². The van der Waals surface area contributed by atoms with Crippen molar-refractivity contribution in [3.8, 4) is 0 Å². The van der Waals surface area contributed by atoms with Crippen LogP contribution in [0.25, 0.3) is 0 Å². The molecule has 1 heterocycles. The van der Waals surface area contributed by atoms with E-state index in [-0.39, 0.29) is 24.9 Å². The van der Waals surface area contributed by atoms with Gasteiger partial charge in [-0.25, -0.2) is 0 Å². The third-order valence-electron chi connectivity index (χ3n) is 6.58. The molecular formula is C21H32ClNO5. The smallest absolute Gasteiger partial charge is 0.253 e. The highest BCUT2D eigenvalue weighted by Gasteiger charge is 2.69. The van der Waals surface area contributed by atoms with Gasteiger partial charge in [-0.3, -0.25) is 9.59 Å². The zero-order valence-corrected chi connectivity index (χ0v) is 17.9. The summed E-state index contributed by atoms with van der Waals surface area (Å²) in [5.74, 6) is -1.05. The van der Waals surface area contributed by atoms with Crippen LogP contribution in [0.3, 0.4) is 0 Å². The first kappa shape index (κ1) is 21.9. The quantitative estimate of drug-likeness (QED) is 0.342. The average Bonchev–Trinajstić information content (AvgIpc) is 3.55. The Balaban J connectivity index is 1.83. The van der Waals surface area contributed by atoms with Crippen LogP contribution >= 0.6 is 11.6 Å². The van der Waals surface area contributed by atoms with Crippen LogP contribution in [0.5, 0.6) is 0 Å². The number of Topliss-reactive ketones (excluding diaryl/α,β-unsaturated/α-hetero) is 1. The van der Waals surface area contributed by atoms with Crippen molar-refractivity contribution in [2.75, 3.05) is 13.7 Å². The van der Waals surface area contributed by atoms with Gasteiger partial charge in [0.2, 0.25) is 0 Å². The number of allylic oxidation sites excluding steroid dienone is 1. The minimum Gasteiger partial charge on any atom is -0.380 e. The molecule has 0 radical (unpaired) electrons. The maximum atomic E-state index is 12.9. The van der Waals surface area contributed by atoms with Crippen molar-refractivity contribution in [2.45, 2.75) is 82.3 Å². The van der Waals surface area contributed by atoms with E-state index in [1.54, 1.807) is 0 Å². The largest absolute Gasteiger partial charge is 0.380 e. The number of carbonyl (C=O) groups excluding carboxylic acids is 2. The molecule has 2 aliphatic carbocycles. The zero-order valence-electron chi connectivity index (χ0n) is 17.2. The second kappa shape index (κ2) is 8.15.